The van der Waals surface area contributed by atoms with Gasteiger partial charge in [0.15, 0.2) is 0 Å². The maximum absolute atomic E-state index is 12.6. The van der Waals surface area contributed by atoms with Gasteiger partial charge in [-0.2, -0.15) is 17.0 Å². The van der Waals surface area contributed by atoms with Crippen LogP contribution in [0.1, 0.15) is 39.0 Å². The van der Waals surface area contributed by atoms with Gasteiger partial charge < -0.3 is 5.32 Å². The van der Waals surface area contributed by atoms with E-state index in [0.29, 0.717) is 38.0 Å². The molecule has 1 N–H and O–H groups in total. The van der Waals surface area contributed by atoms with Gasteiger partial charge in [-0.1, -0.05) is 13.3 Å². The Balaban J connectivity index is 1.88. The number of nitrogens with zero attached hydrogens (tertiary/aromatic N) is 2. The van der Waals surface area contributed by atoms with Crippen LogP contribution in [0.2, 0.25) is 0 Å². The summed E-state index contributed by atoms with van der Waals surface area (Å²) in [6.45, 7) is 5.97. The van der Waals surface area contributed by atoms with Gasteiger partial charge >= 0.3 is 0 Å². The van der Waals surface area contributed by atoms with Crippen LogP contribution in [0.5, 0.6) is 0 Å². The van der Waals surface area contributed by atoms with E-state index < -0.39 is 10.2 Å². The fourth-order valence-corrected chi connectivity index (χ4v) is 5.02. The molecule has 2 aliphatic rings. The number of hydrogen-bond donors (Lipinski definition) is 1. The molecule has 0 aromatic rings. The fourth-order valence-electron chi connectivity index (χ4n) is 3.34. The highest BCUT2D eigenvalue weighted by Gasteiger charge is 2.34. The van der Waals surface area contributed by atoms with Crippen LogP contribution in [0.25, 0.3) is 0 Å². The predicted molar refractivity (Wildman–Crippen MR) is 81.7 cm³/mol. The van der Waals surface area contributed by atoms with Gasteiger partial charge in [0.1, 0.15) is 0 Å². The van der Waals surface area contributed by atoms with Crippen molar-refractivity contribution in [3.05, 3.63) is 0 Å². The van der Waals surface area contributed by atoms with E-state index in [2.05, 4.69) is 12.2 Å². The number of hydrogen-bond acceptors (Lipinski definition) is 3. The Labute approximate surface area is 123 Å². The van der Waals surface area contributed by atoms with Crippen LogP contribution >= 0.6 is 0 Å². The first kappa shape index (κ1) is 16.2. The summed E-state index contributed by atoms with van der Waals surface area (Å²) in [6, 6.07) is 0. The van der Waals surface area contributed by atoms with Crippen LogP contribution in [0.3, 0.4) is 0 Å². The minimum atomic E-state index is -3.21. The summed E-state index contributed by atoms with van der Waals surface area (Å²) in [5.41, 5.74) is 0. The molecule has 6 heteroatoms. The minimum absolute atomic E-state index is 0.622. The van der Waals surface area contributed by atoms with E-state index in [0.717, 1.165) is 32.2 Å². The second-order valence-corrected chi connectivity index (χ2v) is 8.09. The Morgan fingerprint density at radius 3 is 1.80 bits per heavy atom. The van der Waals surface area contributed by atoms with E-state index in [1.165, 1.54) is 6.42 Å². The highest BCUT2D eigenvalue weighted by atomic mass is 32.2. The van der Waals surface area contributed by atoms with Crippen molar-refractivity contribution < 1.29 is 8.42 Å². The largest absolute Gasteiger partial charge is 0.319 e. The molecule has 0 saturated carbocycles. The summed E-state index contributed by atoms with van der Waals surface area (Å²) in [7, 11) is -1.25. The van der Waals surface area contributed by atoms with Crippen molar-refractivity contribution in [1.29, 1.82) is 0 Å². The van der Waals surface area contributed by atoms with Crippen molar-refractivity contribution >= 4 is 10.2 Å². The molecular weight excluding hydrogens is 274 g/mol. The van der Waals surface area contributed by atoms with Gasteiger partial charge in [0.25, 0.3) is 10.2 Å². The molecule has 2 saturated heterocycles. The van der Waals surface area contributed by atoms with Crippen molar-refractivity contribution in [2.24, 2.45) is 11.8 Å². The quantitative estimate of drug-likeness (QED) is 0.832. The molecule has 0 unspecified atom stereocenters. The normalized spacial score (nSPS) is 25.1. The van der Waals surface area contributed by atoms with Crippen LogP contribution in [-0.2, 0) is 10.2 Å². The van der Waals surface area contributed by atoms with Crippen molar-refractivity contribution in [1.82, 2.24) is 13.9 Å². The first-order chi connectivity index (χ1) is 9.57. The van der Waals surface area contributed by atoms with Crippen molar-refractivity contribution in [3.8, 4) is 0 Å². The first-order valence-corrected chi connectivity index (χ1v) is 9.37. The molecule has 0 spiro atoms. The smallest absolute Gasteiger partial charge is 0.281 e. The lowest BCUT2D eigenvalue weighted by Gasteiger charge is -2.37. The summed E-state index contributed by atoms with van der Waals surface area (Å²) >= 11 is 0. The molecular formula is C14H29N3O2S. The minimum Gasteiger partial charge on any atom is -0.319 e. The Morgan fingerprint density at radius 2 is 1.40 bits per heavy atom. The molecule has 2 aliphatic heterocycles. The van der Waals surface area contributed by atoms with E-state index in [9.17, 15) is 8.42 Å². The van der Waals surface area contributed by atoms with Gasteiger partial charge in [-0.25, -0.2) is 0 Å². The molecule has 0 atom stereocenters. The van der Waals surface area contributed by atoms with Gasteiger partial charge in [-0.15, -0.1) is 0 Å². The van der Waals surface area contributed by atoms with E-state index in [1.807, 2.05) is 7.05 Å². The number of piperidine rings is 2. The summed E-state index contributed by atoms with van der Waals surface area (Å²) in [6.07, 6.45) is 5.16. The Bertz CT molecular complexity index is 383. The Morgan fingerprint density at radius 1 is 0.950 bits per heavy atom. The third kappa shape index (κ3) is 3.72. The molecule has 2 heterocycles. The van der Waals surface area contributed by atoms with Crippen molar-refractivity contribution in [2.45, 2.75) is 39.0 Å². The van der Waals surface area contributed by atoms with Crippen molar-refractivity contribution in [3.63, 3.8) is 0 Å². The van der Waals surface area contributed by atoms with Crippen LogP contribution in [0.15, 0.2) is 0 Å². The maximum Gasteiger partial charge on any atom is 0.281 e. The Kier molecular flexibility index (Phi) is 5.84. The van der Waals surface area contributed by atoms with Gasteiger partial charge in [0.2, 0.25) is 0 Å². The van der Waals surface area contributed by atoms with Gasteiger partial charge in [-0.3, -0.25) is 0 Å². The maximum atomic E-state index is 12.6. The van der Waals surface area contributed by atoms with Crippen LogP contribution < -0.4 is 5.32 Å². The van der Waals surface area contributed by atoms with E-state index in [4.69, 9.17) is 0 Å². The van der Waals surface area contributed by atoms with Gasteiger partial charge in [0, 0.05) is 26.2 Å². The Hall–Kier alpha value is -0.170. The lowest BCUT2D eigenvalue weighted by Crippen LogP contribution is -2.50. The second-order valence-electron chi connectivity index (χ2n) is 6.16. The predicted octanol–water partition coefficient (Wildman–Crippen LogP) is 1.28. The monoisotopic (exact) mass is 303 g/mol. The molecule has 2 rings (SSSR count). The number of nitrogens with one attached hydrogen (secondary N) is 1. The molecule has 0 bridgehead atoms. The van der Waals surface area contributed by atoms with Gasteiger partial charge in [-0.05, 0) is 51.1 Å². The molecule has 118 valence electrons. The molecule has 2 fully saturated rings. The zero-order chi connectivity index (χ0) is 14.6. The first-order valence-electron chi connectivity index (χ1n) is 7.97. The van der Waals surface area contributed by atoms with E-state index in [1.54, 1.807) is 8.61 Å². The molecule has 0 aromatic carbocycles. The van der Waals surface area contributed by atoms with Crippen LogP contribution in [0, 0.1) is 11.8 Å². The van der Waals surface area contributed by atoms with E-state index in [-0.39, 0.29) is 0 Å². The standard InChI is InChI=1S/C14H29N3O2S/c1-3-13-4-8-16(9-5-13)20(18,19)17-10-6-14(7-11-17)12-15-2/h13-15H,3-12H2,1-2H3. The molecule has 0 amide bonds. The summed E-state index contributed by atoms with van der Waals surface area (Å²) in [4.78, 5) is 0. The van der Waals surface area contributed by atoms with Crippen molar-refractivity contribution in [2.75, 3.05) is 39.8 Å². The fraction of sp³-hybridized carbons (Fsp3) is 1.00. The van der Waals surface area contributed by atoms with Crippen LogP contribution in [-0.4, -0.2) is 56.8 Å². The van der Waals surface area contributed by atoms with Gasteiger partial charge in [0.05, 0.1) is 0 Å². The summed E-state index contributed by atoms with van der Waals surface area (Å²) < 4.78 is 28.7. The highest BCUT2D eigenvalue weighted by molar-refractivity contribution is 7.86. The molecule has 0 aliphatic carbocycles. The SMILES string of the molecule is CCC1CCN(S(=O)(=O)N2CCC(CNC)CC2)CC1. The summed E-state index contributed by atoms with van der Waals surface area (Å²) in [5.74, 6) is 1.33. The zero-order valence-corrected chi connectivity index (χ0v) is 13.7. The average Bonchev–Trinajstić information content (AvgIpc) is 2.48. The lowest BCUT2D eigenvalue weighted by molar-refractivity contribution is 0.224. The zero-order valence-electron chi connectivity index (χ0n) is 12.8. The molecule has 20 heavy (non-hydrogen) atoms. The molecule has 0 radical (unpaired) electrons. The average molecular weight is 303 g/mol. The summed E-state index contributed by atoms with van der Waals surface area (Å²) in [5, 5.41) is 3.19. The number of rotatable bonds is 5. The molecule has 0 aromatic heterocycles. The lowest BCUT2D eigenvalue weighted by atomic mass is 9.96. The van der Waals surface area contributed by atoms with Crippen LogP contribution in [0.4, 0.5) is 0 Å². The third-order valence-electron chi connectivity index (χ3n) is 4.87. The molecule has 5 nitrogen and oxygen atoms in total. The third-order valence-corrected chi connectivity index (χ3v) is 6.91. The highest BCUT2D eigenvalue weighted by Crippen LogP contribution is 2.26. The second kappa shape index (κ2) is 7.20. The van der Waals surface area contributed by atoms with E-state index >= 15 is 0 Å². The topological polar surface area (TPSA) is 52.7 Å².